The van der Waals surface area contributed by atoms with Gasteiger partial charge in [-0.05, 0) is 30.9 Å². The second-order valence-electron chi connectivity index (χ2n) is 5.68. The third-order valence-corrected chi connectivity index (χ3v) is 4.80. The molecule has 0 spiro atoms. The first-order chi connectivity index (χ1) is 10.6. The maximum atomic E-state index is 12.1. The lowest BCUT2D eigenvalue weighted by molar-refractivity contribution is -0.139. The Balaban J connectivity index is 2.62. The van der Waals surface area contributed by atoms with Crippen molar-refractivity contribution in [2.24, 2.45) is 5.92 Å². The smallest absolute Gasteiger partial charge is 0.326 e. The molecule has 0 aliphatic rings. The predicted molar refractivity (Wildman–Crippen MR) is 89.2 cm³/mol. The third-order valence-electron chi connectivity index (χ3n) is 2.93. The largest absolute Gasteiger partial charge is 0.480 e. The lowest BCUT2D eigenvalue weighted by Crippen LogP contribution is -2.41. The van der Waals surface area contributed by atoms with E-state index in [1.807, 2.05) is 13.8 Å². The summed E-state index contributed by atoms with van der Waals surface area (Å²) in [7, 11) is -3.23. The van der Waals surface area contributed by atoms with Gasteiger partial charge in [0.15, 0.2) is 0 Å². The lowest BCUT2D eigenvalue weighted by Gasteiger charge is -2.15. The van der Waals surface area contributed by atoms with Crippen LogP contribution >= 0.6 is 11.3 Å². The molecule has 1 amide bonds. The van der Waals surface area contributed by atoms with Crippen molar-refractivity contribution in [2.75, 3.05) is 12.8 Å². The van der Waals surface area contributed by atoms with Gasteiger partial charge in [0.05, 0.1) is 11.1 Å². The summed E-state index contributed by atoms with van der Waals surface area (Å²) in [5.41, 5.74) is 0. The van der Waals surface area contributed by atoms with E-state index in [0.29, 0.717) is 17.7 Å². The Hall–Kier alpha value is -1.45. The van der Waals surface area contributed by atoms with E-state index in [1.54, 1.807) is 12.1 Å². The van der Waals surface area contributed by atoms with Crippen LogP contribution in [0.4, 0.5) is 0 Å². The molecule has 0 aliphatic heterocycles. The minimum atomic E-state index is -3.23. The zero-order valence-electron chi connectivity index (χ0n) is 13.3. The molecule has 0 bridgehead atoms. The molecule has 1 aromatic rings. The number of carboxylic acid groups (broad SMARTS) is 1. The van der Waals surface area contributed by atoms with Crippen molar-refractivity contribution in [3.63, 3.8) is 0 Å². The monoisotopic (exact) mass is 362 g/mol. The normalized spacial score (nSPS) is 13.0. The van der Waals surface area contributed by atoms with E-state index in [9.17, 15) is 18.0 Å². The first kappa shape index (κ1) is 19.6. The zero-order chi connectivity index (χ0) is 17.6. The Morgan fingerprint density at radius 1 is 1.30 bits per heavy atom. The maximum Gasteiger partial charge on any atom is 0.326 e. The van der Waals surface area contributed by atoms with Gasteiger partial charge in [0, 0.05) is 11.4 Å². The minimum absolute atomic E-state index is 0.150. The van der Waals surface area contributed by atoms with Crippen molar-refractivity contribution in [2.45, 2.75) is 32.7 Å². The summed E-state index contributed by atoms with van der Waals surface area (Å²) >= 11 is 1.22. The molecule has 0 aliphatic carbocycles. The van der Waals surface area contributed by atoms with E-state index >= 15 is 0 Å². The van der Waals surface area contributed by atoms with Gasteiger partial charge in [-0.2, -0.15) is 0 Å². The van der Waals surface area contributed by atoms with E-state index in [2.05, 4.69) is 10.0 Å². The van der Waals surface area contributed by atoms with Crippen LogP contribution < -0.4 is 10.0 Å². The van der Waals surface area contributed by atoms with E-state index in [-0.39, 0.29) is 12.5 Å². The van der Waals surface area contributed by atoms with Gasteiger partial charge in [0.1, 0.15) is 6.04 Å². The first-order valence-electron chi connectivity index (χ1n) is 7.15. The van der Waals surface area contributed by atoms with Gasteiger partial charge in [-0.3, -0.25) is 4.79 Å². The Morgan fingerprint density at radius 3 is 2.48 bits per heavy atom. The number of carboxylic acids is 1. The van der Waals surface area contributed by atoms with Crippen LogP contribution in [0.25, 0.3) is 0 Å². The minimum Gasteiger partial charge on any atom is -0.480 e. The molecule has 1 heterocycles. The molecule has 0 saturated carbocycles. The van der Waals surface area contributed by atoms with Gasteiger partial charge in [-0.1, -0.05) is 13.8 Å². The zero-order valence-corrected chi connectivity index (χ0v) is 15.0. The van der Waals surface area contributed by atoms with Crippen LogP contribution in [-0.4, -0.2) is 44.2 Å². The molecule has 130 valence electrons. The molecule has 3 N–H and O–H groups in total. The van der Waals surface area contributed by atoms with Gasteiger partial charge in [-0.15, -0.1) is 11.3 Å². The van der Waals surface area contributed by atoms with Crippen molar-refractivity contribution in [1.29, 1.82) is 0 Å². The van der Waals surface area contributed by atoms with Crippen molar-refractivity contribution in [3.05, 3.63) is 21.9 Å². The number of carbonyl (C=O) groups is 2. The number of nitrogens with one attached hydrogen (secondary N) is 2. The van der Waals surface area contributed by atoms with Gasteiger partial charge in [-0.25, -0.2) is 17.9 Å². The van der Waals surface area contributed by atoms with Crippen molar-refractivity contribution in [3.8, 4) is 0 Å². The highest BCUT2D eigenvalue weighted by Crippen LogP contribution is 2.17. The third kappa shape index (κ3) is 7.58. The molecule has 23 heavy (non-hydrogen) atoms. The topological polar surface area (TPSA) is 113 Å². The Morgan fingerprint density at radius 2 is 1.96 bits per heavy atom. The second kappa shape index (κ2) is 8.42. The van der Waals surface area contributed by atoms with E-state index in [4.69, 9.17) is 5.11 Å². The lowest BCUT2D eigenvalue weighted by atomic mass is 10.0. The summed E-state index contributed by atoms with van der Waals surface area (Å²) < 4.78 is 24.3. The molecule has 9 heteroatoms. The van der Waals surface area contributed by atoms with Gasteiger partial charge < -0.3 is 10.4 Å². The molecule has 1 unspecified atom stereocenters. The molecule has 1 aromatic heterocycles. The molecule has 0 saturated heterocycles. The quantitative estimate of drug-likeness (QED) is 0.608. The Bertz CT molecular complexity index is 652. The Labute approximate surface area is 140 Å². The fourth-order valence-electron chi connectivity index (χ4n) is 1.92. The van der Waals surface area contributed by atoms with Crippen molar-refractivity contribution < 1.29 is 23.1 Å². The summed E-state index contributed by atoms with van der Waals surface area (Å²) in [5, 5.41) is 11.7. The highest BCUT2D eigenvalue weighted by molar-refractivity contribution is 7.88. The molecule has 1 rings (SSSR count). The molecule has 0 radical (unpaired) electrons. The molecular formula is C14H22N2O5S2. The van der Waals surface area contributed by atoms with Crippen LogP contribution in [0.2, 0.25) is 0 Å². The molecule has 0 fully saturated rings. The summed E-state index contributed by atoms with van der Waals surface area (Å²) in [6, 6.07) is 2.44. The standard InChI is InChI=1S/C14H22N2O5S2/c1-9(2)8-11(14(18)19)16-13(17)12-5-4-10(22-12)6-7-15-23(3,20)21/h4-5,9,11,15H,6-8H2,1-3H3,(H,16,17)(H,18,19). The van der Waals surface area contributed by atoms with Gasteiger partial charge in [0.2, 0.25) is 10.0 Å². The summed E-state index contributed by atoms with van der Waals surface area (Å²) in [5.74, 6) is -1.33. The van der Waals surface area contributed by atoms with E-state index in [1.165, 1.54) is 11.3 Å². The van der Waals surface area contributed by atoms with Crippen LogP contribution in [0, 0.1) is 5.92 Å². The fraction of sp³-hybridized carbons (Fsp3) is 0.571. The van der Waals surface area contributed by atoms with E-state index < -0.39 is 27.9 Å². The molecule has 7 nitrogen and oxygen atoms in total. The van der Waals surface area contributed by atoms with Gasteiger partial charge in [0.25, 0.3) is 5.91 Å². The second-order valence-corrected chi connectivity index (χ2v) is 8.68. The van der Waals surface area contributed by atoms with Crippen molar-refractivity contribution >= 4 is 33.2 Å². The SMILES string of the molecule is CC(C)CC(NC(=O)c1ccc(CCNS(C)(=O)=O)s1)C(=O)O. The predicted octanol–water partition coefficient (Wildman–Crippen LogP) is 1.07. The number of rotatable bonds is 9. The number of aliphatic carboxylic acids is 1. The highest BCUT2D eigenvalue weighted by atomic mass is 32.2. The molecular weight excluding hydrogens is 340 g/mol. The van der Waals surface area contributed by atoms with Crippen LogP contribution in [-0.2, 0) is 21.2 Å². The first-order valence-corrected chi connectivity index (χ1v) is 9.86. The van der Waals surface area contributed by atoms with Crippen LogP contribution in [0.5, 0.6) is 0 Å². The number of carbonyl (C=O) groups excluding carboxylic acids is 1. The summed E-state index contributed by atoms with van der Waals surface area (Å²) in [6.07, 6.45) is 1.91. The molecule has 0 aromatic carbocycles. The average Bonchev–Trinajstić information content (AvgIpc) is 2.84. The number of hydrogen-bond donors (Lipinski definition) is 3. The fourth-order valence-corrected chi connectivity index (χ4v) is 3.30. The molecule has 1 atom stereocenters. The van der Waals surface area contributed by atoms with Crippen molar-refractivity contribution in [1.82, 2.24) is 10.0 Å². The number of thiophene rings is 1. The summed E-state index contributed by atoms with van der Waals surface area (Å²) in [4.78, 5) is 24.5. The van der Waals surface area contributed by atoms with E-state index in [0.717, 1.165) is 11.1 Å². The number of hydrogen-bond acceptors (Lipinski definition) is 5. The van der Waals surface area contributed by atoms with Crippen LogP contribution in [0.3, 0.4) is 0 Å². The highest BCUT2D eigenvalue weighted by Gasteiger charge is 2.22. The maximum absolute atomic E-state index is 12.1. The summed E-state index contributed by atoms with van der Waals surface area (Å²) in [6.45, 7) is 4.03. The average molecular weight is 362 g/mol. The Kier molecular flexibility index (Phi) is 7.17. The van der Waals surface area contributed by atoms with Gasteiger partial charge >= 0.3 is 5.97 Å². The number of sulfonamides is 1. The van der Waals surface area contributed by atoms with Crippen LogP contribution in [0.15, 0.2) is 12.1 Å². The van der Waals surface area contributed by atoms with Crippen LogP contribution in [0.1, 0.15) is 34.8 Å². The number of amides is 1.